The molecule has 11 heavy (non-hydrogen) atoms. The highest BCUT2D eigenvalue weighted by molar-refractivity contribution is 4.76. The highest BCUT2D eigenvalue weighted by atomic mass is 19.3. The summed E-state index contributed by atoms with van der Waals surface area (Å²) in [4.78, 5) is 0. The van der Waals surface area contributed by atoms with Crippen LogP contribution in [0, 0.1) is 0 Å². The van der Waals surface area contributed by atoms with Gasteiger partial charge in [0.05, 0.1) is 13.2 Å². The Morgan fingerprint density at radius 2 is 2.27 bits per heavy atom. The molecular formula is C7H13F2NO. The smallest absolute Gasteiger partial charge is 0.240 e. The number of alkyl halides is 2. The summed E-state index contributed by atoms with van der Waals surface area (Å²) in [6, 6.07) is 0.410. The average Bonchev–Trinajstić information content (AvgIpc) is 1.82. The van der Waals surface area contributed by atoms with E-state index in [0.717, 1.165) is 13.0 Å². The van der Waals surface area contributed by atoms with Gasteiger partial charge in [-0.25, -0.2) is 8.78 Å². The van der Waals surface area contributed by atoms with Gasteiger partial charge in [0.1, 0.15) is 0 Å². The van der Waals surface area contributed by atoms with Crippen LogP contribution in [-0.4, -0.2) is 32.2 Å². The predicted molar refractivity (Wildman–Crippen MR) is 37.8 cm³/mol. The largest absolute Gasteiger partial charge is 0.380 e. The molecule has 1 rings (SSSR count). The summed E-state index contributed by atoms with van der Waals surface area (Å²) in [5, 5.41) is 3.12. The first-order chi connectivity index (χ1) is 5.29. The molecule has 1 aliphatic heterocycles. The van der Waals surface area contributed by atoms with Crippen molar-refractivity contribution in [2.45, 2.75) is 25.3 Å². The minimum absolute atomic E-state index is 0.146. The SMILES string of the molecule is FC(F)CCOCC1CCN1. The van der Waals surface area contributed by atoms with Crippen LogP contribution in [0.5, 0.6) is 0 Å². The van der Waals surface area contributed by atoms with E-state index >= 15 is 0 Å². The number of ether oxygens (including phenoxy) is 1. The van der Waals surface area contributed by atoms with E-state index in [2.05, 4.69) is 5.32 Å². The van der Waals surface area contributed by atoms with E-state index < -0.39 is 6.43 Å². The molecule has 1 unspecified atom stereocenters. The van der Waals surface area contributed by atoms with Crippen LogP contribution in [0.25, 0.3) is 0 Å². The summed E-state index contributed by atoms with van der Waals surface area (Å²) in [5.74, 6) is 0. The summed E-state index contributed by atoms with van der Waals surface area (Å²) >= 11 is 0. The lowest BCUT2D eigenvalue weighted by atomic mass is 10.1. The number of hydrogen-bond acceptors (Lipinski definition) is 2. The zero-order chi connectivity index (χ0) is 8.10. The Kier molecular flexibility index (Phi) is 3.72. The van der Waals surface area contributed by atoms with Gasteiger partial charge in [-0.05, 0) is 13.0 Å². The molecule has 0 radical (unpaired) electrons. The first-order valence-electron chi connectivity index (χ1n) is 3.88. The molecule has 0 aliphatic carbocycles. The molecule has 0 spiro atoms. The van der Waals surface area contributed by atoms with Gasteiger partial charge in [0.15, 0.2) is 0 Å². The van der Waals surface area contributed by atoms with Crippen molar-refractivity contribution in [3.63, 3.8) is 0 Å². The second kappa shape index (κ2) is 4.62. The van der Waals surface area contributed by atoms with Gasteiger partial charge in [-0.3, -0.25) is 0 Å². The Morgan fingerprint density at radius 3 is 2.73 bits per heavy atom. The van der Waals surface area contributed by atoms with E-state index in [1.54, 1.807) is 0 Å². The molecule has 0 amide bonds. The van der Waals surface area contributed by atoms with Crippen LogP contribution in [0.15, 0.2) is 0 Å². The van der Waals surface area contributed by atoms with Crippen molar-refractivity contribution in [3.05, 3.63) is 0 Å². The van der Waals surface area contributed by atoms with E-state index in [4.69, 9.17) is 4.74 Å². The lowest BCUT2D eigenvalue weighted by Crippen LogP contribution is -2.46. The normalized spacial score (nSPS) is 23.7. The highest BCUT2D eigenvalue weighted by Gasteiger charge is 2.15. The summed E-state index contributed by atoms with van der Waals surface area (Å²) < 4.78 is 28.1. The first-order valence-corrected chi connectivity index (χ1v) is 3.88. The molecule has 0 aromatic heterocycles. The van der Waals surface area contributed by atoms with Crippen LogP contribution in [-0.2, 0) is 4.74 Å². The number of nitrogens with one attached hydrogen (secondary N) is 1. The van der Waals surface area contributed by atoms with E-state index in [1.165, 1.54) is 0 Å². The van der Waals surface area contributed by atoms with Gasteiger partial charge in [-0.2, -0.15) is 0 Å². The maximum Gasteiger partial charge on any atom is 0.240 e. The molecule has 1 fully saturated rings. The van der Waals surface area contributed by atoms with Crippen LogP contribution < -0.4 is 5.32 Å². The minimum Gasteiger partial charge on any atom is -0.380 e. The van der Waals surface area contributed by atoms with Crippen molar-refractivity contribution in [1.82, 2.24) is 5.32 Å². The summed E-state index contributed by atoms with van der Waals surface area (Å²) in [7, 11) is 0. The van der Waals surface area contributed by atoms with Crippen molar-refractivity contribution >= 4 is 0 Å². The topological polar surface area (TPSA) is 21.3 Å². The molecule has 0 bridgehead atoms. The molecule has 1 N–H and O–H groups in total. The third-order valence-electron chi connectivity index (χ3n) is 1.73. The van der Waals surface area contributed by atoms with Crippen LogP contribution in [0.3, 0.4) is 0 Å². The molecule has 0 aromatic carbocycles. The maximum atomic E-state index is 11.6. The van der Waals surface area contributed by atoms with E-state index in [9.17, 15) is 8.78 Å². The van der Waals surface area contributed by atoms with Crippen molar-refractivity contribution in [2.24, 2.45) is 0 Å². The zero-order valence-electron chi connectivity index (χ0n) is 6.35. The van der Waals surface area contributed by atoms with Gasteiger partial charge in [0.2, 0.25) is 6.43 Å². The second-order valence-corrected chi connectivity index (χ2v) is 2.69. The van der Waals surface area contributed by atoms with Gasteiger partial charge >= 0.3 is 0 Å². The molecular weight excluding hydrogens is 152 g/mol. The molecule has 2 nitrogen and oxygen atoms in total. The van der Waals surface area contributed by atoms with E-state index in [0.29, 0.717) is 12.6 Å². The van der Waals surface area contributed by atoms with Crippen molar-refractivity contribution in [2.75, 3.05) is 19.8 Å². The molecule has 0 aromatic rings. The number of rotatable bonds is 5. The quantitative estimate of drug-likeness (QED) is 0.614. The monoisotopic (exact) mass is 165 g/mol. The Hall–Kier alpha value is -0.220. The summed E-state index contributed by atoms with van der Waals surface area (Å²) in [5.41, 5.74) is 0. The lowest BCUT2D eigenvalue weighted by Gasteiger charge is -2.27. The van der Waals surface area contributed by atoms with E-state index in [1.807, 2.05) is 0 Å². The fourth-order valence-electron chi connectivity index (χ4n) is 0.889. The maximum absolute atomic E-state index is 11.6. The van der Waals surface area contributed by atoms with E-state index in [-0.39, 0.29) is 13.0 Å². The van der Waals surface area contributed by atoms with Gasteiger partial charge < -0.3 is 10.1 Å². The Labute approximate surface area is 64.9 Å². The molecule has 66 valence electrons. The van der Waals surface area contributed by atoms with Crippen molar-refractivity contribution in [1.29, 1.82) is 0 Å². The Morgan fingerprint density at radius 1 is 1.55 bits per heavy atom. The molecule has 1 aliphatic rings. The fraction of sp³-hybridized carbons (Fsp3) is 1.00. The van der Waals surface area contributed by atoms with Crippen LogP contribution in [0.4, 0.5) is 8.78 Å². The lowest BCUT2D eigenvalue weighted by molar-refractivity contribution is 0.0484. The Balaban J connectivity index is 1.80. The van der Waals surface area contributed by atoms with Gasteiger partial charge in [0, 0.05) is 12.5 Å². The second-order valence-electron chi connectivity index (χ2n) is 2.69. The molecule has 1 heterocycles. The summed E-state index contributed by atoms with van der Waals surface area (Å²) in [6.07, 6.45) is -1.27. The third kappa shape index (κ3) is 3.62. The van der Waals surface area contributed by atoms with Crippen LogP contribution >= 0.6 is 0 Å². The average molecular weight is 165 g/mol. The van der Waals surface area contributed by atoms with Crippen molar-refractivity contribution < 1.29 is 13.5 Å². The van der Waals surface area contributed by atoms with Gasteiger partial charge in [0.25, 0.3) is 0 Å². The molecule has 1 atom stereocenters. The van der Waals surface area contributed by atoms with Gasteiger partial charge in [-0.1, -0.05) is 0 Å². The zero-order valence-corrected chi connectivity index (χ0v) is 6.35. The first kappa shape index (κ1) is 8.87. The number of halogens is 2. The fourth-order valence-corrected chi connectivity index (χ4v) is 0.889. The molecule has 1 saturated heterocycles. The Bertz CT molecular complexity index is 107. The minimum atomic E-state index is -2.23. The van der Waals surface area contributed by atoms with Crippen LogP contribution in [0.1, 0.15) is 12.8 Å². The van der Waals surface area contributed by atoms with Crippen molar-refractivity contribution in [3.8, 4) is 0 Å². The standard InChI is InChI=1S/C7H13F2NO/c8-7(9)2-4-11-5-6-1-3-10-6/h6-7,10H,1-5H2. The molecule has 4 heteroatoms. The molecule has 0 saturated carbocycles. The van der Waals surface area contributed by atoms with Gasteiger partial charge in [-0.15, -0.1) is 0 Å². The predicted octanol–water partition coefficient (Wildman–Crippen LogP) is 1.02. The third-order valence-corrected chi connectivity index (χ3v) is 1.73. The summed E-state index contributed by atoms with van der Waals surface area (Å²) in [6.45, 7) is 1.78. The van der Waals surface area contributed by atoms with Crippen LogP contribution in [0.2, 0.25) is 0 Å². The number of hydrogen-bond donors (Lipinski definition) is 1. The highest BCUT2D eigenvalue weighted by Crippen LogP contribution is 2.03.